The van der Waals surface area contributed by atoms with Gasteiger partial charge in [-0.1, -0.05) is 35.5 Å². The van der Waals surface area contributed by atoms with E-state index in [-0.39, 0.29) is 12.3 Å². The van der Waals surface area contributed by atoms with Crippen molar-refractivity contribution in [1.82, 2.24) is 4.57 Å². The van der Waals surface area contributed by atoms with Crippen molar-refractivity contribution in [2.24, 2.45) is 4.99 Å². The number of nitrogens with zero attached hydrogens (tertiary/aromatic N) is 2. The zero-order valence-corrected chi connectivity index (χ0v) is 16.4. The summed E-state index contributed by atoms with van der Waals surface area (Å²) in [4.78, 5) is 29.4. The van der Waals surface area contributed by atoms with Crippen LogP contribution in [0.15, 0.2) is 57.9 Å². The normalized spacial score (nSPS) is 11.7. The SMILES string of the molecule is C#CCn1c(=NC(=O)c2cc3ccccc3o2)sc2cc(C(=O)OCC)ccc21. The van der Waals surface area contributed by atoms with Crippen LogP contribution in [0.5, 0.6) is 0 Å². The number of ether oxygens (including phenoxy) is 1. The number of benzene rings is 2. The second kappa shape index (κ2) is 7.78. The van der Waals surface area contributed by atoms with E-state index in [0.29, 0.717) is 22.6 Å². The number of terminal acetylenes is 1. The molecule has 29 heavy (non-hydrogen) atoms. The van der Waals surface area contributed by atoms with Gasteiger partial charge in [0.1, 0.15) is 5.58 Å². The van der Waals surface area contributed by atoms with E-state index in [1.54, 1.807) is 41.8 Å². The quantitative estimate of drug-likeness (QED) is 0.381. The van der Waals surface area contributed by atoms with Crippen LogP contribution < -0.4 is 4.80 Å². The minimum atomic E-state index is -0.496. The molecule has 2 heterocycles. The lowest BCUT2D eigenvalue weighted by Gasteiger charge is -2.03. The first-order valence-corrected chi connectivity index (χ1v) is 9.74. The predicted octanol–water partition coefficient (Wildman–Crippen LogP) is 4.00. The first-order chi connectivity index (χ1) is 14.1. The molecule has 0 radical (unpaired) electrons. The fourth-order valence-corrected chi connectivity index (χ4v) is 4.04. The number of carbonyl (C=O) groups excluding carboxylic acids is 2. The average Bonchev–Trinajstić information content (AvgIpc) is 3.30. The highest BCUT2D eigenvalue weighted by molar-refractivity contribution is 7.16. The molecule has 0 N–H and O–H groups in total. The lowest BCUT2D eigenvalue weighted by atomic mass is 10.2. The summed E-state index contributed by atoms with van der Waals surface area (Å²) in [6.45, 7) is 2.29. The summed E-state index contributed by atoms with van der Waals surface area (Å²) in [5.41, 5.74) is 1.85. The summed E-state index contributed by atoms with van der Waals surface area (Å²) in [7, 11) is 0. The number of furan rings is 1. The second-order valence-electron chi connectivity index (χ2n) is 6.14. The first kappa shape index (κ1) is 18.7. The van der Waals surface area contributed by atoms with Gasteiger partial charge in [-0.15, -0.1) is 6.42 Å². The van der Waals surface area contributed by atoms with E-state index >= 15 is 0 Å². The molecule has 4 rings (SSSR count). The maximum atomic E-state index is 12.7. The van der Waals surface area contributed by atoms with E-state index in [1.807, 2.05) is 18.2 Å². The van der Waals surface area contributed by atoms with E-state index < -0.39 is 11.9 Å². The van der Waals surface area contributed by atoms with Gasteiger partial charge in [0.2, 0.25) is 0 Å². The zero-order chi connectivity index (χ0) is 20.4. The topological polar surface area (TPSA) is 73.8 Å². The van der Waals surface area contributed by atoms with E-state index in [2.05, 4.69) is 10.9 Å². The molecule has 6 nitrogen and oxygen atoms in total. The number of fused-ring (bicyclic) bond motifs is 2. The van der Waals surface area contributed by atoms with Crippen LogP contribution in [0.4, 0.5) is 0 Å². The fourth-order valence-electron chi connectivity index (χ4n) is 2.97. The number of rotatable bonds is 4. The highest BCUT2D eigenvalue weighted by Crippen LogP contribution is 2.21. The Hall–Kier alpha value is -3.63. The monoisotopic (exact) mass is 404 g/mol. The van der Waals surface area contributed by atoms with Crippen molar-refractivity contribution < 1.29 is 18.7 Å². The van der Waals surface area contributed by atoms with Gasteiger partial charge in [0.15, 0.2) is 10.6 Å². The predicted molar refractivity (Wildman–Crippen MR) is 111 cm³/mol. The third-order valence-corrected chi connectivity index (χ3v) is 5.32. The lowest BCUT2D eigenvalue weighted by Crippen LogP contribution is -2.16. The molecular weight excluding hydrogens is 388 g/mol. The summed E-state index contributed by atoms with van der Waals surface area (Å²) in [6, 6.07) is 14.2. The van der Waals surface area contributed by atoms with Gasteiger partial charge in [-0.25, -0.2) is 4.79 Å². The smallest absolute Gasteiger partial charge is 0.338 e. The number of thiazole rings is 1. The van der Waals surface area contributed by atoms with Gasteiger partial charge >= 0.3 is 11.9 Å². The Morgan fingerprint density at radius 3 is 2.83 bits per heavy atom. The van der Waals surface area contributed by atoms with Crippen LogP contribution in [0, 0.1) is 12.3 Å². The fraction of sp³-hybridized carbons (Fsp3) is 0.136. The Kier molecular flexibility index (Phi) is 5.02. The summed E-state index contributed by atoms with van der Waals surface area (Å²) in [5.74, 6) is 1.84. The third kappa shape index (κ3) is 3.58. The van der Waals surface area contributed by atoms with Crippen molar-refractivity contribution in [3.05, 3.63) is 64.7 Å². The summed E-state index contributed by atoms with van der Waals surface area (Å²) >= 11 is 1.27. The van der Waals surface area contributed by atoms with Crippen molar-refractivity contribution in [2.75, 3.05) is 6.61 Å². The number of hydrogen-bond donors (Lipinski definition) is 0. The van der Waals surface area contributed by atoms with E-state index in [0.717, 1.165) is 15.6 Å². The molecule has 0 saturated heterocycles. The Labute approximate surface area is 170 Å². The summed E-state index contributed by atoms with van der Waals surface area (Å²) in [6.07, 6.45) is 5.50. The van der Waals surface area contributed by atoms with Crippen LogP contribution in [0.1, 0.15) is 27.8 Å². The van der Waals surface area contributed by atoms with Gasteiger partial charge in [-0.3, -0.25) is 4.79 Å². The minimum absolute atomic E-state index is 0.156. The molecule has 0 spiro atoms. The Morgan fingerprint density at radius 1 is 1.24 bits per heavy atom. The molecule has 0 aliphatic carbocycles. The van der Waals surface area contributed by atoms with Gasteiger partial charge in [-0.05, 0) is 37.3 Å². The highest BCUT2D eigenvalue weighted by Gasteiger charge is 2.15. The van der Waals surface area contributed by atoms with E-state index in [1.165, 1.54) is 11.3 Å². The molecule has 0 saturated carbocycles. The number of carbonyl (C=O) groups is 2. The molecule has 2 aromatic heterocycles. The van der Waals surface area contributed by atoms with Gasteiger partial charge in [0.25, 0.3) is 0 Å². The van der Waals surface area contributed by atoms with Gasteiger partial charge in [0.05, 0.1) is 28.9 Å². The molecule has 0 bridgehead atoms. The molecule has 0 aliphatic heterocycles. The van der Waals surface area contributed by atoms with Crippen molar-refractivity contribution in [3.8, 4) is 12.3 Å². The summed E-state index contributed by atoms with van der Waals surface area (Å²) in [5, 5.41) is 0.831. The molecule has 1 amide bonds. The average molecular weight is 404 g/mol. The van der Waals surface area contributed by atoms with E-state index in [9.17, 15) is 9.59 Å². The number of para-hydroxylation sites is 1. The Bertz CT molecular complexity index is 1320. The molecule has 0 atom stereocenters. The van der Waals surface area contributed by atoms with Crippen molar-refractivity contribution in [3.63, 3.8) is 0 Å². The van der Waals surface area contributed by atoms with Crippen molar-refractivity contribution in [1.29, 1.82) is 0 Å². The third-order valence-electron chi connectivity index (χ3n) is 4.28. The number of esters is 1. The minimum Gasteiger partial charge on any atom is -0.462 e. The maximum Gasteiger partial charge on any atom is 0.338 e. The number of amides is 1. The van der Waals surface area contributed by atoms with Crippen LogP contribution >= 0.6 is 11.3 Å². The van der Waals surface area contributed by atoms with E-state index in [4.69, 9.17) is 15.6 Å². The maximum absolute atomic E-state index is 12.7. The first-order valence-electron chi connectivity index (χ1n) is 8.92. The lowest BCUT2D eigenvalue weighted by molar-refractivity contribution is 0.0526. The second-order valence-corrected chi connectivity index (χ2v) is 7.15. The Balaban J connectivity index is 1.80. The van der Waals surface area contributed by atoms with Crippen LogP contribution in [0.2, 0.25) is 0 Å². The van der Waals surface area contributed by atoms with Crippen molar-refractivity contribution in [2.45, 2.75) is 13.5 Å². The van der Waals surface area contributed by atoms with Crippen LogP contribution in [0.25, 0.3) is 21.2 Å². The molecule has 0 fully saturated rings. The standard InChI is InChI=1S/C22H16N2O4S/c1-3-11-24-16-10-9-15(21(26)27-4-2)13-19(16)29-22(24)23-20(25)18-12-14-7-5-6-8-17(14)28-18/h1,5-10,12-13H,4,11H2,2H3. The molecule has 2 aromatic carbocycles. The molecule has 144 valence electrons. The molecule has 0 unspecified atom stereocenters. The molecular formula is C22H16N2O4S. The zero-order valence-electron chi connectivity index (χ0n) is 15.5. The van der Waals surface area contributed by atoms with Gasteiger partial charge < -0.3 is 13.7 Å². The highest BCUT2D eigenvalue weighted by atomic mass is 32.1. The van der Waals surface area contributed by atoms with Crippen LogP contribution in [-0.2, 0) is 11.3 Å². The largest absolute Gasteiger partial charge is 0.462 e. The van der Waals surface area contributed by atoms with Crippen LogP contribution in [0.3, 0.4) is 0 Å². The molecule has 4 aromatic rings. The molecule has 0 aliphatic rings. The van der Waals surface area contributed by atoms with Gasteiger partial charge in [-0.2, -0.15) is 4.99 Å². The Morgan fingerprint density at radius 2 is 2.07 bits per heavy atom. The number of aromatic nitrogens is 1. The van der Waals surface area contributed by atoms with Crippen LogP contribution in [-0.4, -0.2) is 23.1 Å². The van der Waals surface area contributed by atoms with Crippen molar-refractivity contribution >= 4 is 44.4 Å². The number of hydrogen-bond acceptors (Lipinski definition) is 5. The summed E-state index contributed by atoms with van der Waals surface area (Å²) < 4.78 is 13.2. The van der Waals surface area contributed by atoms with Gasteiger partial charge in [0, 0.05) is 5.39 Å². The molecule has 7 heteroatoms.